The van der Waals surface area contributed by atoms with Crippen LogP contribution in [-0.4, -0.2) is 93.9 Å². The van der Waals surface area contributed by atoms with Crippen LogP contribution in [0.3, 0.4) is 0 Å². The van der Waals surface area contributed by atoms with Crippen LogP contribution < -0.4 is 149 Å². The molecule has 0 atom stereocenters. The Morgan fingerprint density at radius 2 is 1.24 bits per heavy atom. The first-order valence-corrected chi connectivity index (χ1v) is 23.4. The molecule has 27 nitrogen and oxygen atoms in total. The van der Waals surface area contributed by atoms with Gasteiger partial charge in [0, 0.05) is 17.5 Å². The van der Waals surface area contributed by atoms with Gasteiger partial charge in [-0.25, -0.2) is 33.7 Å². The van der Waals surface area contributed by atoms with E-state index in [-0.39, 0.29) is 179 Å². The van der Waals surface area contributed by atoms with Crippen molar-refractivity contribution in [1.29, 1.82) is 0 Å². The summed E-state index contributed by atoms with van der Waals surface area (Å²) in [5.41, 5.74) is 3.96. The molecule has 0 bridgehead atoms. The molecular weight excluding hydrogens is 1070 g/mol. The van der Waals surface area contributed by atoms with Crippen LogP contribution in [0.5, 0.6) is 23.0 Å². The van der Waals surface area contributed by atoms with Crippen molar-refractivity contribution in [2.45, 2.75) is 27.0 Å². The zero-order valence-electron chi connectivity index (χ0n) is 35.2. The summed E-state index contributed by atoms with van der Waals surface area (Å²) < 4.78 is 155. The summed E-state index contributed by atoms with van der Waals surface area (Å²) in [7, 11) is -15.8. The van der Waals surface area contributed by atoms with E-state index in [1.807, 2.05) is 0 Å². The average Bonchev–Trinajstić information content (AvgIpc) is 3.20. The number of azo groups is 2. The molecule has 0 aliphatic rings. The first-order chi connectivity index (χ1) is 29.1. The number of benzene rings is 4. The summed E-state index contributed by atoms with van der Waals surface area (Å²) in [6, 6.07) is 6.71. The van der Waals surface area contributed by atoms with Crippen molar-refractivity contribution >= 4 is 104 Å². The van der Waals surface area contributed by atoms with Gasteiger partial charge in [-0.15, -0.1) is 24.8 Å². The second-order valence-electron chi connectivity index (χ2n) is 11.3. The van der Waals surface area contributed by atoms with Gasteiger partial charge in [-0.1, -0.05) is 7.43 Å². The van der Waals surface area contributed by atoms with Crippen molar-refractivity contribution in [3.63, 3.8) is 0 Å². The van der Waals surface area contributed by atoms with E-state index in [0.717, 1.165) is 50.6 Å². The van der Waals surface area contributed by atoms with Crippen molar-refractivity contribution in [3.8, 4) is 23.0 Å². The van der Waals surface area contributed by atoms with Gasteiger partial charge in [0.05, 0.1) is 83.9 Å². The molecule has 0 radical (unpaired) electrons. The van der Waals surface area contributed by atoms with E-state index in [0.29, 0.717) is 6.07 Å². The summed E-state index contributed by atoms with van der Waals surface area (Å²) in [4.78, 5) is -2.37. The van der Waals surface area contributed by atoms with E-state index in [9.17, 15) is 58.4 Å². The third-order valence-electron chi connectivity index (χ3n) is 7.69. The van der Waals surface area contributed by atoms with Crippen LogP contribution in [0.25, 0.3) is 10.8 Å². The molecule has 0 unspecified atom stereocenters. The number of aromatic hydroxyl groups is 1. The van der Waals surface area contributed by atoms with Gasteiger partial charge in [-0.2, -0.15) is 4.33 Å². The van der Waals surface area contributed by atoms with Crippen LogP contribution in [0.4, 0.5) is 28.4 Å². The van der Waals surface area contributed by atoms with E-state index in [4.69, 9.17) is 24.1 Å². The molecule has 0 saturated carbocycles. The SMILES string of the molecule is C.COc1ccc(S(=O)(=O)CCOS(=O)(=O)[O-])cc1N=Nc1cc(S(=O)(=O)[O-])c2cc(SOO[O-])c(N=Nc3cc(OC)c(S(=O)(=O)CCOSOO[O-])cc3OC)c(O)c2c1N.[Na+].[Na+].[Na+].[Na+]. The maximum absolute atomic E-state index is 13.1. The monoisotopic (exact) mass is 1100 g/mol. The summed E-state index contributed by atoms with van der Waals surface area (Å²) >= 11 is 0.153. The maximum Gasteiger partial charge on any atom is 1.00 e. The van der Waals surface area contributed by atoms with Crippen molar-refractivity contribution in [1.82, 2.24) is 0 Å². The fourth-order valence-corrected chi connectivity index (χ4v) is 9.26. The number of hydrogen-bond acceptors (Lipinski definition) is 29. The quantitative estimate of drug-likeness (QED) is 0.00801. The minimum atomic E-state index is -5.48. The zero-order valence-corrected chi connectivity index (χ0v) is 48.1. The fraction of sp³-hybridized carbons (Fsp3) is 0.267. The first kappa shape index (κ1) is 68.5. The summed E-state index contributed by atoms with van der Waals surface area (Å²) in [6.07, 6.45) is 0. The molecular formula is C30H31N5Na4O22S6. The molecule has 37 heteroatoms. The summed E-state index contributed by atoms with van der Waals surface area (Å²) in [6.45, 7) is -1.50. The van der Waals surface area contributed by atoms with Crippen LogP contribution in [-0.2, 0) is 67.3 Å². The predicted molar refractivity (Wildman–Crippen MR) is 209 cm³/mol. The predicted octanol–water partition coefficient (Wildman–Crippen LogP) is -9.40. The first-order valence-electron chi connectivity index (χ1n) is 15.9. The number of phenolic OH excluding ortho intramolecular Hbond substituents is 1. The van der Waals surface area contributed by atoms with Crippen LogP contribution in [0.2, 0.25) is 0 Å². The van der Waals surface area contributed by atoms with Crippen LogP contribution in [0.15, 0.2) is 82.5 Å². The molecule has 0 aliphatic carbocycles. The second-order valence-corrected chi connectivity index (χ2v) is 19.1. The van der Waals surface area contributed by atoms with Gasteiger partial charge in [0.1, 0.15) is 55.0 Å². The molecule has 0 saturated heterocycles. The Balaban J connectivity index is 0. The van der Waals surface area contributed by atoms with Crippen molar-refractivity contribution in [2.24, 2.45) is 20.5 Å². The number of fused-ring (bicyclic) bond motifs is 1. The average molecular weight is 1100 g/mol. The Kier molecular flexibility index (Phi) is 31.2. The Bertz CT molecular complexity index is 2830. The number of ether oxygens (including phenoxy) is 3. The topological polar surface area (TPSA) is 408 Å². The van der Waals surface area contributed by atoms with Gasteiger partial charge >= 0.3 is 118 Å². The third kappa shape index (κ3) is 18.8. The van der Waals surface area contributed by atoms with Gasteiger partial charge in [0.25, 0.3) is 0 Å². The normalized spacial score (nSPS) is 11.8. The van der Waals surface area contributed by atoms with E-state index in [1.165, 1.54) is 7.11 Å². The molecule has 0 spiro atoms. The number of anilines is 1. The number of nitrogens with zero attached hydrogens (tertiary/aromatic N) is 4. The van der Waals surface area contributed by atoms with Crippen molar-refractivity contribution < 1.29 is 218 Å². The van der Waals surface area contributed by atoms with Crippen LogP contribution >= 0.6 is 24.4 Å². The number of nitrogen functional groups attached to an aromatic ring is 1. The molecule has 0 aromatic heterocycles. The Morgan fingerprint density at radius 1 is 0.672 bits per heavy atom. The number of hydrogen-bond donors (Lipinski definition) is 2. The smallest absolute Gasteiger partial charge is 0.744 e. The number of methoxy groups -OCH3 is 3. The number of rotatable bonds is 23. The van der Waals surface area contributed by atoms with E-state index in [2.05, 4.69) is 43.4 Å². The second kappa shape index (κ2) is 30.5. The molecule has 67 heavy (non-hydrogen) atoms. The Hall–Kier alpha value is -0.560. The van der Waals surface area contributed by atoms with Gasteiger partial charge in [-0.05, 0) is 30.3 Å². The largest absolute Gasteiger partial charge is 1.00 e. The van der Waals surface area contributed by atoms with Gasteiger partial charge in [0.15, 0.2) is 37.7 Å². The molecule has 4 rings (SSSR count). The fourth-order valence-electron chi connectivity index (χ4n) is 5.02. The third-order valence-corrected chi connectivity index (χ3v) is 13.4. The van der Waals surface area contributed by atoms with Gasteiger partial charge < -0.3 is 44.7 Å². The van der Waals surface area contributed by atoms with Gasteiger partial charge in [-0.3, -0.25) is 18.4 Å². The summed E-state index contributed by atoms with van der Waals surface area (Å²) in [5.74, 6) is -3.27. The molecule has 0 aliphatic heterocycles. The Labute approximate surface area is 480 Å². The molecule has 0 amide bonds. The van der Waals surface area contributed by atoms with Gasteiger partial charge in [0.2, 0.25) is 10.4 Å². The van der Waals surface area contributed by atoms with Crippen LogP contribution in [0.1, 0.15) is 7.43 Å². The molecule has 348 valence electrons. The molecule has 4 aromatic carbocycles. The Morgan fingerprint density at radius 3 is 1.81 bits per heavy atom. The summed E-state index contributed by atoms with van der Waals surface area (Å²) in [5, 5.41) is 53.3. The number of phenols is 1. The number of nitrogens with two attached hydrogens (primary N) is 1. The molecule has 3 N–H and O–H groups in total. The minimum absolute atomic E-state index is 0. The molecule has 4 aromatic rings. The van der Waals surface area contributed by atoms with E-state index >= 15 is 0 Å². The van der Waals surface area contributed by atoms with E-state index < -0.39 is 118 Å². The molecule has 0 heterocycles. The zero-order chi connectivity index (χ0) is 46.0. The van der Waals surface area contributed by atoms with Crippen molar-refractivity contribution in [2.75, 3.05) is 51.8 Å². The standard InChI is InChI=1S/C29H31N5O22S6.CH4.4Na/c1-48-20-5-4-15(59(38,39)9-7-52-62(45,46)47)10-17(20)31-33-19-13-24(61(42,43)44)16-11-23(57-55-53-36)28(29(35)26(16)27(19)30)34-32-18-12-22(50-3)25(14-21(18)49-2)60(40,41)8-6-51-58-56-54-37;;;;;/h4-5,10-14,35-37H,6-9,30H2,1-3H3,(H,42,43,44)(H,45,46,47);1H4;;;;/q;;4*+1/p-4. The minimum Gasteiger partial charge on any atom is -0.744 e. The van der Waals surface area contributed by atoms with Crippen molar-refractivity contribution in [3.05, 3.63) is 42.5 Å². The van der Waals surface area contributed by atoms with Crippen LogP contribution in [0, 0.1) is 0 Å². The maximum atomic E-state index is 13.1. The number of sulfone groups is 2. The van der Waals surface area contributed by atoms with E-state index in [1.54, 1.807) is 0 Å². The molecule has 0 fully saturated rings.